The van der Waals surface area contributed by atoms with Crippen molar-refractivity contribution in [2.45, 2.75) is 77.4 Å². The summed E-state index contributed by atoms with van der Waals surface area (Å²) >= 11 is 0. The third-order valence-electron chi connectivity index (χ3n) is 7.39. The van der Waals surface area contributed by atoms with Crippen molar-refractivity contribution in [3.05, 3.63) is 82.9 Å². The molecule has 1 aliphatic heterocycles. The third kappa shape index (κ3) is 9.18. The number of amides is 1. The van der Waals surface area contributed by atoms with Crippen molar-refractivity contribution in [1.29, 1.82) is 0 Å². The van der Waals surface area contributed by atoms with E-state index in [1.54, 1.807) is 35.2 Å². The van der Waals surface area contributed by atoms with Crippen LogP contribution in [0.25, 0.3) is 0 Å². The van der Waals surface area contributed by atoms with Gasteiger partial charge in [0.05, 0.1) is 36.5 Å². The van der Waals surface area contributed by atoms with E-state index in [1.807, 2.05) is 33.9 Å². The van der Waals surface area contributed by atoms with Gasteiger partial charge in [0.15, 0.2) is 9.04 Å². The molecule has 0 aromatic heterocycles. The van der Waals surface area contributed by atoms with Crippen LogP contribution in [0, 0.1) is 5.41 Å². The van der Waals surface area contributed by atoms with E-state index in [9.17, 15) is 31.1 Å². The van der Waals surface area contributed by atoms with Crippen molar-refractivity contribution in [3.63, 3.8) is 0 Å². The van der Waals surface area contributed by atoms with Gasteiger partial charge in [0.25, 0.3) is 5.91 Å². The zero-order chi connectivity index (χ0) is 33.0. The highest BCUT2D eigenvalue weighted by molar-refractivity contribution is 6.48. The number of alkyl halides is 6. The molecule has 1 unspecified atom stereocenters. The number of benzene rings is 2. The van der Waals surface area contributed by atoms with Crippen LogP contribution in [0.5, 0.6) is 0 Å². The number of rotatable bonds is 10. The normalized spacial score (nSPS) is 17.7. The van der Waals surface area contributed by atoms with Gasteiger partial charge in [-0.1, -0.05) is 57.7 Å². The van der Waals surface area contributed by atoms with E-state index in [1.165, 1.54) is 6.92 Å². The van der Waals surface area contributed by atoms with Gasteiger partial charge in [-0.15, -0.1) is 0 Å². The predicted molar refractivity (Wildman–Crippen MR) is 159 cm³/mol. The summed E-state index contributed by atoms with van der Waals surface area (Å²) < 4.78 is 100. The molecule has 0 N–H and O–H groups in total. The number of carbonyl (C=O) groups is 1. The van der Waals surface area contributed by atoms with E-state index >= 15 is 0 Å². The van der Waals surface area contributed by atoms with Gasteiger partial charge in [-0.3, -0.25) is 4.79 Å². The number of hydrogen-bond donors (Lipinski definition) is 0. The molecular formula is C32H41F6NO4Si. The summed E-state index contributed by atoms with van der Waals surface area (Å²) in [6.07, 6.45) is -13.3. The molecule has 0 spiro atoms. The van der Waals surface area contributed by atoms with Crippen LogP contribution in [-0.2, 0) is 31.0 Å². The lowest BCUT2D eigenvalue weighted by Crippen LogP contribution is -2.50. The molecule has 12 heteroatoms. The van der Waals surface area contributed by atoms with E-state index in [-0.39, 0.29) is 37.9 Å². The van der Waals surface area contributed by atoms with E-state index in [4.69, 9.17) is 13.9 Å². The van der Waals surface area contributed by atoms with Gasteiger partial charge < -0.3 is 18.8 Å². The maximum Gasteiger partial charge on any atom is 0.416 e. The summed E-state index contributed by atoms with van der Waals surface area (Å²) in [4.78, 5) is 15.8. The molecule has 0 bridgehead atoms. The van der Waals surface area contributed by atoms with Gasteiger partial charge in [0.2, 0.25) is 0 Å². The second-order valence-electron chi connectivity index (χ2n) is 12.4. The molecule has 0 aliphatic carbocycles. The van der Waals surface area contributed by atoms with Crippen LogP contribution in [0.1, 0.15) is 62.0 Å². The minimum atomic E-state index is -5.03. The summed E-state index contributed by atoms with van der Waals surface area (Å²) in [7, 11) is -1.65. The Bertz CT molecular complexity index is 1240. The molecule has 0 saturated carbocycles. The Hall–Kier alpha value is -2.67. The summed E-state index contributed by atoms with van der Waals surface area (Å²) in [6, 6.07) is 10.3. The van der Waals surface area contributed by atoms with E-state index < -0.39 is 68.1 Å². The predicted octanol–water partition coefficient (Wildman–Crippen LogP) is 7.78. The van der Waals surface area contributed by atoms with Crippen molar-refractivity contribution in [2.75, 3.05) is 26.3 Å². The fourth-order valence-corrected chi connectivity index (χ4v) is 6.41. The van der Waals surface area contributed by atoms with E-state index in [0.717, 1.165) is 0 Å². The van der Waals surface area contributed by atoms with E-state index in [2.05, 4.69) is 6.58 Å². The lowest BCUT2D eigenvalue weighted by molar-refractivity contribution is -0.153. The van der Waals surface area contributed by atoms with Gasteiger partial charge in [-0.05, 0) is 60.3 Å². The molecule has 2 aromatic carbocycles. The zero-order valence-electron chi connectivity index (χ0n) is 25.9. The van der Waals surface area contributed by atoms with Crippen LogP contribution < -0.4 is 0 Å². The molecule has 1 heterocycles. The van der Waals surface area contributed by atoms with Crippen molar-refractivity contribution in [2.24, 2.45) is 5.41 Å². The highest BCUT2D eigenvalue weighted by Gasteiger charge is 2.43. The number of carbonyl (C=O) groups excluding carboxylic acids is 1. The smallest absolute Gasteiger partial charge is 0.413 e. The van der Waals surface area contributed by atoms with Crippen LogP contribution in [0.2, 0.25) is 13.1 Å². The highest BCUT2D eigenvalue weighted by Crippen LogP contribution is 2.42. The molecule has 3 rings (SSSR count). The summed E-state index contributed by atoms with van der Waals surface area (Å²) in [6.45, 7) is 16.7. The molecule has 1 fully saturated rings. The molecule has 44 heavy (non-hydrogen) atoms. The Morgan fingerprint density at radius 1 is 0.909 bits per heavy atom. The maximum atomic E-state index is 14.2. The Morgan fingerprint density at radius 3 is 1.89 bits per heavy atom. The van der Waals surface area contributed by atoms with Gasteiger partial charge >= 0.3 is 12.4 Å². The molecular weight excluding hydrogens is 604 g/mol. The standard InChI is InChI=1S/C32H41F6NO4Si/c1-20(28(30(3,4)5)43-44(6)7)26(22-11-9-8-10-12-22)27(29(40)39-13-15-41-16-14-39)42-21(2)23-17-24(31(33,34)35)19-25(18-23)32(36,37)38/h8-12,17-19,21,26-28,44H,1,13-16H2,2-7H3/t21-,26+,27-,28?/m1/s1. The largest absolute Gasteiger partial charge is 0.416 e. The number of halogens is 6. The summed E-state index contributed by atoms with van der Waals surface area (Å²) in [5.41, 5.74) is -2.55. The number of hydrogen-bond acceptors (Lipinski definition) is 4. The third-order valence-corrected chi connectivity index (χ3v) is 8.21. The number of morpholine rings is 1. The average Bonchev–Trinajstić information content (AvgIpc) is 2.94. The molecule has 5 nitrogen and oxygen atoms in total. The van der Waals surface area contributed by atoms with Crippen LogP contribution in [-0.4, -0.2) is 58.4 Å². The van der Waals surface area contributed by atoms with E-state index in [0.29, 0.717) is 23.3 Å². The summed E-state index contributed by atoms with van der Waals surface area (Å²) in [5.74, 6) is -1.30. The second-order valence-corrected chi connectivity index (χ2v) is 14.7. The Kier molecular flexibility index (Phi) is 11.5. The molecule has 4 atom stereocenters. The van der Waals surface area contributed by atoms with Gasteiger partial charge in [-0.25, -0.2) is 0 Å². The lowest BCUT2D eigenvalue weighted by Gasteiger charge is -2.41. The first-order valence-electron chi connectivity index (χ1n) is 14.5. The maximum absolute atomic E-state index is 14.2. The van der Waals surface area contributed by atoms with Crippen molar-refractivity contribution in [1.82, 2.24) is 4.90 Å². The molecule has 0 radical (unpaired) electrons. The van der Waals surface area contributed by atoms with Gasteiger partial charge in [0.1, 0.15) is 6.10 Å². The van der Waals surface area contributed by atoms with Gasteiger partial charge in [0, 0.05) is 19.0 Å². The first-order valence-corrected chi connectivity index (χ1v) is 17.3. The Labute approximate surface area is 256 Å². The number of nitrogens with zero attached hydrogens (tertiary/aromatic N) is 1. The Balaban J connectivity index is 2.19. The van der Waals surface area contributed by atoms with Crippen molar-refractivity contribution in [3.8, 4) is 0 Å². The lowest BCUT2D eigenvalue weighted by atomic mass is 9.76. The van der Waals surface area contributed by atoms with Crippen LogP contribution >= 0.6 is 0 Å². The van der Waals surface area contributed by atoms with Gasteiger partial charge in [-0.2, -0.15) is 26.3 Å². The van der Waals surface area contributed by atoms with Crippen LogP contribution in [0.15, 0.2) is 60.7 Å². The Morgan fingerprint density at radius 2 is 1.43 bits per heavy atom. The number of ether oxygens (including phenoxy) is 2. The molecule has 1 saturated heterocycles. The SMILES string of the molecule is C=C(C(O[SiH](C)C)C(C)(C)C)[C@@H](c1ccccc1)[C@@H](O[C@H](C)c1cc(C(F)(F)F)cc(C(F)(F)F)c1)C(=O)N1CCOCC1. The van der Waals surface area contributed by atoms with Crippen molar-refractivity contribution >= 4 is 14.9 Å². The first kappa shape index (κ1) is 35.8. The molecule has 1 amide bonds. The first-order chi connectivity index (χ1) is 20.3. The monoisotopic (exact) mass is 645 g/mol. The highest BCUT2D eigenvalue weighted by atomic mass is 28.3. The molecule has 1 aliphatic rings. The average molecular weight is 646 g/mol. The molecule has 2 aromatic rings. The van der Waals surface area contributed by atoms with Crippen LogP contribution in [0.3, 0.4) is 0 Å². The summed E-state index contributed by atoms with van der Waals surface area (Å²) in [5, 5.41) is 0. The van der Waals surface area contributed by atoms with Crippen LogP contribution in [0.4, 0.5) is 26.3 Å². The second kappa shape index (κ2) is 14.2. The fourth-order valence-electron chi connectivity index (χ4n) is 5.28. The molecule has 244 valence electrons. The van der Waals surface area contributed by atoms with Crippen molar-refractivity contribution < 1.29 is 45.0 Å². The minimum Gasteiger partial charge on any atom is -0.413 e. The topological polar surface area (TPSA) is 48.0 Å². The zero-order valence-corrected chi connectivity index (χ0v) is 27.0. The quantitative estimate of drug-likeness (QED) is 0.150. The minimum absolute atomic E-state index is 0.0717. The fraction of sp³-hybridized carbons (Fsp3) is 0.531.